The molecular weight excluding hydrogens is 242 g/mol. The van der Waals surface area contributed by atoms with E-state index in [-0.39, 0.29) is 5.97 Å². The minimum atomic E-state index is -0.288. The van der Waals surface area contributed by atoms with Gasteiger partial charge in [-0.25, -0.2) is 4.79 Å². The average Bonchev–Trinajstić information content (AvgIpc) is 2.87. The predicted molar refractivity (Wildman–Crippen MR) is 73.1 cm³/mol. The van der Waals surface area contributed by atoms with Crippen molar-refractivity contribution in [3.05, 3.63) is 18.0 Å². The average molecular weight is 265 g/mol. The van der Waals surface area contributed by atoms with Crippen LogP contribution in [0.2, 0.25) is 0 Å². The molecule has 2 heterocycles. The topological polar surface area (TPSA) is 47.4 Å². The monoisotopic (exact) mass is 265 g/mol. The van der Waals surface area contributed by atoms with E-state index in [1.54, 1.807) is 19.3 Å². The Morgan fingerprint density at radius 3 is 3.11 bits per heavy atom. The molecule has 0 N–H and O–H groups in total. The number of carbonyl (C=O) groups is 1. The zero-order valence-electron chi connectivity index (χ0n) is 11.8. The third-order valence-electron chi connectivity index (χ3n) is 3.76. The fraction of sp³-hybridized carbons (Fsp3) is 0.714. The third kappa shape index (κ3) is 3.80. The van der Waals surface area contributed by atoms with Gasteiger partial charge in [-0.15, -0.1) is 0 Å². The van der Waals surface area contributed by atoms with E-state index in [4.69, 9.17) is 4.74 Å². The van der Waals surface area contributed by atoms with E-state index in [0.29, 0.717) is 18.2 Å². The van der Waals surface area contributed by atoms with Gasteiger partial charge in [-0.3, -0.25) is 4.68 Å². The number of piperidine rings is 1. The second-order valence-electron chi connectivity index (χ2n) is 5.13. The van der Waals surface area contributed by atoms with Crippen molar-refractivity contribution < 1.29 is 9.53 Å². The van der Waals surface area contributed by atoms with Crippen molar-refractivity contribution >= 4 is 5.97 Å². The molecule has 5 heteroatoms. The minimum Gasteiger partial charge on any atom is -0.462 e. The summed E-state index contributed by atoms with van der Waals surface area (Å²) in [6.45, 7) is 4.25. The van der Waals surface area contributed by atoms with Crippen molar-refractivity contribution in [2.24, 2.45) is 0 Å². The molecule has 0 aromatic carbocycles. The quantitative estimate of drug-likeness (QED) is 0.763. The van der Waals surface area contributed by atoms with E-state index < -0.39 is 0 Å². The number of nitrogens with zero attached hydrogens (tertiary/aromatic N) is 3. The first-order valence-electron chi connectivity index (χ1n) is 7.10. The lowest BCUT2D eigenvalue weighted by molar-refractivity contribution is 0.0526. The van der Waals surface area contributed by atoms with E-state index in [2.05, 4.69) is 17.0 Å². The fourth-order valence-corrected chi connectivity index (χ4v) is 2.60. The van der Waals surface area contributed by atoms with Gasteiger partial charge in [-0.1, -0.05) is 6.42 Å². The molecule has 1 aliphatic rings. The molecule has 1 aliphatic heterocycles. The summed E-state index contributed by atoms with van der Waals surface area (Å²) in [6.07, 6.45) is 8.34. The number of likely N-dealkylation sites (tertiary alicyclic amines) is 1. The zero-order valence-corrected chi connectivity index (χ0v) is 11.8. The third-order valence-corrected chi connectivity index (χ3v) is 3.76. The van der Waals surface area contributed by atoms with Gasteiger partial charge < -0.3 is 9.64 Å². The van der Waals surface area contributed by atoms with Gasteiger partial charge in [-0.2, -0.15) is 5.10 Å². The second kappa shape index (κ2) is 6.70. The van der Waals surface area contributed by atoms with Crippen LogP contribution >= 0.6 is 0 Å². The van der Waals surface area contributed by atoms with E-state index in [1.807, 2.05) is 4.68 Å². The van der Waals surface area contributed by atoms with Crippen molar-refractivity contribution in [2.75, 3.05) is 20.2 Å². The standard InChI is InChI=1S/C14H23N3O2/c1-3-19-14(18)12-10-15-17(11-12)9-7-13-6-4-5-8-16(13)2/h10-11,13H,3-9H2,1-2H3. The Balaban J connectivity index is 1.84. The molecule has 1 atom stereocenters. The molecule has 0 spiro atoms. The van der Waals surface area contributed by atoms with Gasteiger partial charge in [0, 0.05) is 18.8 Å². The smallest absolute Gasteiger partial charge is 0.341 e. The molecule has 1 aromatic heterocycles. The van der Waals surface area contributed by atoms with Crippen LogP contribution in [0, 0.1) is 0 Å². The highest BCUT2D eigenvalue weighted by molar-refractivity contribution is 5.88. The summed E-state index contributed by atoms with van der Waals surface area (Å²) in [6, 6.07) is 0.643. The molecule has 19 heavy (non-hydrogen) atoms. The van der Waals surface area contributed by atoms with Gasteiger partial charge >= 0.3 is 5.97 Å². The maximum atomic E-state index is 11.5. The SMILES string of the molecule is CCOC(=O)c1cnn(CCC2CCCCN2C)c1. The first kappa shape index (κ1) is 14.1. The summed E-state index contributed by atoms with van der Waals surface area (Å²) in [7, 11) is 2.19. The summed E-state index contributed by atoms with van der Waals surface area (Å²) in [5.41, 5.74) is 0.541. The molecule has 0 radical (unpaired) electrons. The summed E-state index contributed by atoms with van der Waals surface area (Å²) in [5, 5.41) is 4.23. The molecule has 0 aliphatic carbocycles. The molecule has 1 fully saturated rings. The first-order valence-corrected chi connectivity index (χ1v) is 7.10. The lowest BCUT2D eigenvalue weighted by atomic mass is 10.0. The van der Waals surface area contributed by atoms with E-state index in [9.17, 15) is 4.79 Å². The van der Waals surface area contributed by atoms with Gasteiger partial charge in [0.25, 0.3) is 0 Å². The van der Waals surface area contributed by atoms with Gasteiger partial charge in [-0.05, 0) is 39.8 Å². The van der Waals surface area contributed by atoms with E-state index >= 15 is 0 Å². The van der Waals surface area contributed by atoms with E-state index in [1.165, 1.54) is 25.8 Å². The normalized spacial score (nSPS) is 20.4. The van der Waals surface area contributed by atoms with Crippen molar-refractivity contribution in [3.8, 4) is 0 Å². The first-order chi connectivity index (χ1) is 9.20. The molecular formula is C14H23N3O2. The number of aryl methyl sites for hydroxylation is 1. The number of rotatable bonds is 5. The molecule has 0 saturated carbocycles. The van der Waals surface area contributed by atoms with Gasteiger partial charge in [0.15, 0.2) is 0 Å². The summed E-state index contributed by atoms with van der Waals surface area (Å²) in [4.78, 5) is 14.0. The van der Waals surface area contributed by atoms with Crippen LogP contribution in [0.3, 0.4) is 0 Å². The summed E-state index contributed by atoms with van der Waals surface area (Å²) in [5.74, 6) is -0.288. The zero-order chi connectivity index (χ0) is 13.7. The molecule has 1 saturated heterocycles. The predicted octanol–water partition coefficient (Wildman–Crippen LogP) is 1.93. The Morgan fingerprint density at radius 2 is 2.37 bits per heavy atom. The van der Waals surface area contributed by atoms with Gasteiger partial charge in [0.1, 0.15) is 0 Å². The van der Waals surface area contributed by atoms with Crippen molar-refractivity contribution in [1.82, 2.24) is 14.7 Å². The van der Waals surface area contributed by atoms with Crippen LogP contribution in [-0.4, -0.2) is 46.9 Å². The van der Waals surface area contributed by atoms with Crippen molar-refractivity contribution in [2.45, 2.75) is 45.2 Å². The number of carbonyl (C=O) groups excluding carboxylic acids is 1. The van der Waals surface area contributed by atoms with Crippen LogP contribution in [0.5, 0.6) is 0 Å². The Morgan fingerprint density at radius 1 is 1.53 bits per heavy atom. The highest BCUT2D eigenvalue weighted by Gasteiger charge is 2.18. The lowest BCUT2D eigenvalue weighted by Gasteiger charge is -2.32. The minimum absolute atomic E-state index is 0.288. The maximum Gasteiger partial charge on any atom is 0.341 e. The van der Waals surface area contributed by atoms with Crippen LogP contribution < -0.4 is 0 Å². The molecule has 106 valence electrons. The summed E-state index contributed by atoms with van der Waals surface area (Å²) >= 11 is 0. The Kier molecular flexibility index (Phi) is 4.96. The van der Waals surface area contributed by atoms with Crippen molar-refractivity contribution in [3.63, 3.8) is 0 Å². The second-order valence-corrected chi connectivity index (χ2v) is 5.13. The maximum absolute atomic E-state index is 11.5. The fourth-order valence-electron chi connectivity index (χ4n) is 2.60. The highest BCUT2D eigenvalue weighted by Crippen LogP contribution is 2.18. The molecule has 0 bridgehead atoms. The van der Waals surface area contributed by atoms with Crippen LogP contribution in [0.4, 0.5) is 0 Å². The molecule has 0 amide bonds. The summed E-state index contributed by atoms with van der Waals surface area (Å²) < 4.78 is 6.79. The largest absolute Gasteiger partial charge is 0.462 e. The van der Waals surface area contributed by atoms with Crippen LogP contribution in [0.25, 0.3) is 0 Å². The Bertz CT molecular complexity index is 417. The number of esters is 1. The molecule has 1 aromatic rings. The molecule has 5 nitrogen and oxygen atoms in total. The Hall–Kier alpha value is -1.36. The Labute approximate surface area is 114 Å². The highest BCUT2D eigenvalue weighted by atomic mass is 16.5. The van der Waals surface area contributed by atoms with Crippen LogP contribution in [0.15, 0.2) is 12.4 Å². The number of hydrogen-bond acceptors (Lipinski definition) is 4. The number of hydrogen-bond donors (Lipinski definition) is 0. The number of ether oxygens (including phenoxy) is 1. The molecule has 1 unspecified atom stereocenters. The van der Waals surface area contributed by atoms with E-state index in [0.717, 1.165) is 13.0 Å². The lowest BCUT2D eigenvalue weighted by Crippen LogP contribution is -2.36. The van der Waals surface area contributed by atoms with Crippen molar-refractivity contribution in [1.29, 1.82) is 0 Å². The molecule has 2 rings (SSSR count). The van der Waals surface area contributed by atoms with Gasteiger partial charge in [0.05, 0.1) is 18.4 Å². The van der Waals surface area contributed by atoms with Crippen LogP contribution in [0.1, 0.15) is 43.0 Å². The number of aromatic nitrogens is 2. The van der Waals surface area contributed by atoms with Crippen LogP contribution in [-0.2, 0) is 11.3 Å². The van der Waals surface area contributed by atoms with Gasteiger partial charge in [0.2, 0.25) is 0 Å².